The predicted octanol–water partition coefficient (Wildman–Crippen LogP) is 2.30. The molecule has 2 aliphatic heterocycles. The van der Waals surface area contributed by atoms with Crippen LogP contribution in [0.2, 0.25) is 0 Å². The summed E-state index contributed by atoms with van der Waals surface area (Å²) in [6.07, 6.45) is 5.87. The molecule has 23 heavy (non-hydrogen) atoms. The summed E-state index contributed by atoms with van der Waals surface area (Å²) in [6, 6.07) is 0.616. The maximum Gasteiger partial charge on any atom is 0.0535 e. The van der Waals surface area contributed by atoms with E-state index in [1.165, 1.54) is 43.6 Å². The molecule has 0 spiro atoms. The van der Waals surface area contributed by atoms with Gasteiger partial charge in [0.2, 0.25) is 0 Å². The van der Waals surface area contributed by atoms with Crippen molar-refractivity contribution in [3.05, 3.63) is 17.5 Å². The normalized spacial score (nSPS) is 24.4. The van der Waals surface area contributed by atoms with Gasteiger partial charge in [-0.1, -0.05) is 20.8 Å². The highest BCUT2D eigenvalue weighted by Crippen LogP contribution is 2.25. The molecule has 2 atom stereocenters. The number of rotatable bonds is 6. The zero-order chi connectivity index (χ0) is 16.3. The summed E-state index contributed by atoms with van der Waals surface area (Å²) >= 11 is 0. The second-order valence-electron chi connectivity index (χ2n) is 8.09. The van der Waals surface area contributed by atoms with Crippen LogP contribution in [0.5, 0.6) is 0 Å². The van der Waals surface area contributed by atoms with Gasteiger partial charge in [-0.25, -0.2) is 0 Å². The van der Waals surface area contributed by atoms with Gasteiger partial charge in [0.1, 0.15) is 0 Å². The van der Waals surface area contributed by atoms with Gasteiger partial charge in [0.15, 0.2) is 0 Å². The minimum atomic E-state index is 0.112. The Bertz CT molecular complexity index is 465. The third-order valence-electron chi connectivity index (χ3n) is 5.26. The van der Waals surface area contributed by atoms with E-state index >= 15 is 0 Å². The molecule has 130 valence electrons. The number of nitrogens with zero attached hydrogens (tertiary/aromatic N) is 2. The maximum atomic E-state index is 5.64. The van der Waals surface area contributed by atoms with Gasteiger partial charge < -0.3 is 10.1 Å². The Kier molecular flexibility index (Phi) is 5.39. The van der Waals surface area contributed by atoms with Crippen molar-refractivity contribution in [2.45, 2.75) is 58.0 Å². The monoisotopic (exact) mass is 320 g/mol. The Morgan fingerprint density at radius 3 is 2.83 bits per heavy atom. The molecule has 5 nitrogen and oxygen atoms in total. The first-order valence-corrected chi connectivity index (χ1v) is 9.11. The van der Waals surface area contributed by atoms with Gasteiger partial charge in [-0.15, -0.1) is 0 Å². The summed E-state index contributed by atoms with van der Waals surface area (Å²) in [5.41, 5.74) is 2.65. The Balaban J connectivity index is 1.57. The number of likely N-dealkylation sites (tertiary alicyclic amines) is 1. The molecule has 1 aromatic heterocycles. The summed E-state index contributed by atoms with van der Waals surface area (Å²) in [7, 11) is 0. The Hall–Kier alpha value is -0.910. The van der Waals surface area contributed by atoms with Gasteiger partial charge in [0.05, 0.1) is 12.8 Å². The summed E-state index contributed by atoms with van der Waals surface area (Å²) in [4.78, 5) is 2.67. The zero-order valence-corrected chi connectivity index (χ0v) is 14.9. The lowest BCUT2D eigenvalue weighted by Crippen LogP contribution is -2.46. The molecule has 0 saturated carbocycles. The average molecular weight is 320 g/mol. The molecular weight excluding hydrogens is 288 g/mol. The van der Waals surface area contributed by atoms with E-state index in [0.717, 1.165) is 26.3 Å². The zero-order valence-electron chi connectivity index (χ0n) is 14.9. The number of H-pyrrole nitrogens is 1. The van der Waals surface area contributed by atoms with E-state index in [2.05, 4.69) is 41.2 Å². The standard InChI is InChI=1S/C18H32N4O/c1-18(2,3)17-15(11-20-21-17)10-19-12-16(14-6-9-23-13-14)22-7-4-5-8-22/h11,14,16,19H,4-10,12-13H2,1-3H3,(H,20,21)/t14-,16-/m1/s1. The van der Waals surface area contributed by atoms with Crippen LogP contribution >= 0.6 is 0 Å². The SMILES string of the molecule is CC(C)(C)c1[nH]ncc1CNC[C@H]([C@@H]1CCOC1)N1CCCC1. The fraction of sp³-hybridized carbons (Fsp3) is 0.833. The molecule has 0 aromatic carbocycles. The minimum Gasteiger partial charge on any atom is -0.381 e. The van der Waals surface area contributed by atoms with Crippen LogP contribution in [0.3, 0.4) is 0 Å². The molecule has 5 heteroatoms. The molecule has 0 radical (unpaired) electrons. The highest BCUT2D eigenvalue weighted by molar-refractivity contribution is 5.23. The number of aromatic amines is 1. The predicted molar refractivity (Wildman–Crippen MR) is 92.5 cm³/mol. The lowest BCUT2D eigenvalue weighted by atomic mass is 9.89. The summed E-state index contributed by atoms with van der Waals surface area (Å²) in [5, 5.41) is 11.1. The molecule has 2 N–H and O–H groups in total. The summed E-state index contributed by atoms with van der Waals surface area (Å²) < 4.78 is 5.64. The fourth-order valence-corrected chi connectivity index (χ4v) is 3.97. The van der Waals surface area contributed by atoms with Crippen molar-refractivity contribution in [1.29, 1.82) is 0 Å². The molecule has 0 amide bonds. The molecule has 2 aliphatic rings. The topological polar surface area (TPSA) is 53.2 Å². The smallest absolute Gasteiger partial charge is 0.0535 e. The van der Waals surface area contributed by atoms with E-state index in [-0.39, 0.29) is 5.41 Å². The number of ether oxygens (including phenoxy) is 1. The van der Waals surface area contributed by atoms with E-state index in [1.807, 2.05) is 6.20 Å². The van der Waals surface area contributed by atoms with Crippen LogP contribution in [0.1, 0.15) is 51.3 Å². The Labute approximate surface area is 140 Å². The molecule has 3 heterocycles. The van der Waals surface area contributed by atoms with Crippen LogP contribution in [-0.2, 0) is 16.7 Å². The second-order valence-corrected chi connectivity index (χ2v) is 8.09. The van der Waals surface area contributed by atoms with E-state index in [4.69, 9.17) is 4.74 Å². The lowest BCUT2D eigenvalue weighted by Gasteiger charge is -2.32. The van der Waals surface area contributed by atoms with E-state index in [9.17, 15) is 0 Å². The number of hydrogen-bond donors (Lipinski definition) is 2. The number of aromatic nitrogens is 2. The van der Waals surface area contributed by atoms with Crippen molar-refractivity contribution in [2.75, 3.05) is 32.8 Å². The first-order valence-electron chi connectivity index (χ1n) is 9.11. The minimum absolute atomic E-state index is 0.112. The third-order valence-corrected chi connectivity index (χ3v) is 5.26. The number of hydrogen-bond acceptors (Lipinski definition) is 4. The van der Waals surface area contributed by atoms with Gasteiger partial charge in [-0.2, -0.15) is 5.10 Å². The van der Waals surface area contributed by atoms with Gasteiger partial charge in [0.25, 0.3) is 0 Å². The molecular formula is C18H32N4O. The van der Waals surface area contributed by atoms with Gasteiger partial charge in [-0.05, 0) is 32.4 Å². The molecule has 0 unspecified atom stereocenters. The van der Waals surface area contributed by atoms with E-state index in [0.29, 0.717) is 12.0 Å². The summed E-state index contributed by atoms with van der Waals surface area (Å²) in [5.74, 6) is 0.687. The van der Waals surface area contributed by atoms with Crippen molar-refractivity contribution < 1.29 is 4.74 Å². The molecule has 2 fully saturated rings. The molecule has 1 aromatic rings. The van der Waals surface area contributed by atoms with E-state index < -0.39 is 0 Å². The van der Waals surface area contributed by atoms with Crippen LogP contribution in [0, 0.1) is 5.92 Å². The van der Waals surface area contributed by atoms with Crippen LogP contribution < -0.4 is 5.32 Å². The van der Waals surface area contributed by atoms with Crippen molar-refractivity contribution in [2.24, 2.45) is 5.92 Å². The highest BCUT2D eigenvalue weighted by atomic mass is 16.5. The second kappa shape index (κ2) is 7.32. The molecule has 0 aliphatic carbocycles. The Morgan fingerprint density at radius 2 is 2.17 bits per heavy atom. The molecule has 3 rings (SSSR count). The van der Waals surface area contributed by atoms with Crippen LogP contribution in [0.25, 0.3) is 0 Å². The van der Waals surface area contributed by atoms with Crippen LogP contribution in [0.4, 0.5) is 0 Å². The van der Waals surface area contributed by atoms with Gasteiger partial charge in [0, 0.05) is 48.3 Å². The van der Waals surface area contributed by atoms with Gasteiger partial charge >= 0.3 is 0 Å². The van der Waals surface area contributed by atoms with Crippen LogP contribution in [0.15, 0.2) is 6.20 Å². The molecule has 0 bridgehead atoms. The van der Waals surface area contributed by atoms with Crippen LogP contribution in [-0.4, -0.2) is 54.0 Å². The third kappa shape index (κ3) is 4.14. The highest BCUT2D eigenvalue weighted by Gasteiger charge is 2.31. The van der Waals surface area contributed by atoms with Crippen molar-refractivity contribution in [1.82, 2.24) is 20.4 Å². The van der Waals surface area contributed by atoms with Crippen molar-refractivity contribution in [3.8, 4) is 0 Å². The molecule has 2 saturated heterocycles. The first-order chi connectivity index (χ1) is 11.1. The maximum absolute atomic E-state index is 5.64. The van der Waals surface area contributed by atoms with Gasteiger partial charge in [-0.3, -0.25) is 10.00 Å². The van der Waals surface area contributed by atoms with E-state index in [1.54, 1.807) is 0 Å². The van der Waals surface area contributed by atoms with Crippen molar-refractivity contribution >= 4 is 0 Å². The largest absolute Gasteiger partial charge is 0.381 e. The first kappa shape index (κ1) is 16.9. The average Bonchev–Trinajstić information content (AvgIpc) is 3.22. The van der Waals surface area contributed by atoms with Crippen molar-refractivity contribution in [3.63, 3.8) is 0 Å². The summed E-state index contributed by atoms with van der Waals surface area (Å²) in [6.45, 7) is 13.0. The fourth-order valence-electron chi connectivity index (χ4n) is 3.97. The Morgan fingerprint density at radius 1 is 1.39 bits per heavy atom. The lowest BCUT2D eigenvalue weighted by molar-refractivity contribution is 0.134. The quantitative estimate of drug-likeness (QED) is 0.844. The number of nitrogens with one attached hydrogen (secondary N) is 2.